The van der Waals surface area contributed by atoms with E-state index in [1.54, 1.807) is 18.3 Å². The number of H-pyrrole nitrogens is 1. The molecular formula is C11H8N2O3. The quantitative estimate of drug-likeness (QED) is 0.734. The van der Waals surface area contributed by atoms with Gasteiger partial charge in [-0.2, -0.15) is 0 Å². The van der Waals surface area contributed by atoms with Crippen molar-refractivity contribution in [2.75, 3.05) is 0 Å². The number of fused-ring (bicyclic) bond motifs is 1. The maximum atomic E-state index is 11.1. The van der Waals surface area contributed by atoms with E-state index in [4.69, 9.17) is 5.11 Å². The van der Waals surface area contributed by atoms with Crippen molar-refractivity contribution in [3.63, 3.8) is 0 Å². The van der Waals surface area contributed by atoms with Crippen molar-refractivity contribution < 1.29 is 9.90 Å². The van der Waals surface area contributed by atoms with Crippen molar-refractivity contribution in [3.8, 4) is 0 Å². The lowest BCUT2D eigenvalue weighted by Crippen LogP contribution is -2.02. The predicted octanol–water partition coefficient (Wildman–Crippen LogP) is 1.02. The van der Waals surface area contributed by atoms with Crippen molar-refractivity contribution in [1.29, 1.82) is 0 Å². The summed E-state index contributed by atoms with van der Waals surface area (Å²) < 4.78 is 0. The summed E-state index contributed by atoms with van der Waals surface area (Å²) >= 11 is 0. The summed E-state index contributed by atoms with van der Waals surface area (Å²) in [7, 11) is 0. The molecule has 0 atom stereocenters. The summed E-state index contributed by atoms with van der Waals surface area (Å²) in [6.07, 6.45) is 3.98. The fourth-order valence-corrected chi connectivity index (χ4v) is 1.31. The monoisotopic (exact) mass is 216 g/mol. The van der Waals surface area contributed by atoms with Crippen LogP contribution in [0, 0.1) is 0 Å². The Morgan fingerprint density at radius 2 is 2.25 bits per heavy atom. The van der Waals surface area contributed by atoms with Gasteiger partial charge in [0.05, 0.1) is 11.0 Å². The van der Waals surface area contributed by atoms with Crippen LogP contribution in [0.15, 0.2) is 35.3 Å². The van der Waals surface area contributed by atoms with Crippen LogP contribution >= 0.6 is 0 Å². The number of aromatic nitrogens is 2. The Hall–Kier alpha value is -2.43. The van der Waals surface area contributed by atoms with E-state index in [-0.39, 0.29) is 5.56 Å². The Bertz CT molecular complexity index is 628. The van der Waals surface area contributed by atoms with Crippen LogP contribution < -0.4 is 5.56 Å². The highest BCUT2D eigenvalue weighted by Crippen LogP contribution is 2.09. The molecule has 0 aliphatic rings. The molecule has 2 rings (SSSR count). The fourth-order valence-electron chi connectivity index (χ4n) is 1.31. The number of aliphatic carboxylic acids is 1. The smallest absolute Gasteiger partial charge is 0.328 e. The van der Waals surface area contributed by atoms with E-state index in [2.05, 4.69) is 9.97 Å². The van der Waals surface area contributed by atoms with Crippen LogP contribution in [-0.2, 0) is 4.79 Å². The van der Waals surface area contributed by atoms with Crippen LogP contribution in [0.4, 0.5) is 0 Å². The van der Waals surface area contributed by atoms with Gasteiger partial charge in [0.15, 0.2) is 0 Å². The summed E-state index contributed by atoms with van der Waals surface area (Å²) in [5.41, 5.74) is 1.65. The maximum absolute atomic E-state index is 11.1. The van der Waals surface area contributed by atoms with Gasteiger partial charge in [0, 0.05) is 18.3 Å². The standard InChI is InChI=1S/C11H8N2O3/c14-10-3-2-8-9(13-10)5-7(6-12-8)1-4-11(15)16/h1-6H,(H,13,14)(H,15,16). The molecule has 0 saturated heterocycles. The minimum atomic E-state index is -1.03. The molecule has 0 aromatic carbocycles. The number of carbonyl (C=O) groups is 1. The van der Waals surface area contributed by atoms with Crippen LogP contribution in [0.3, 0.4) is 0 Å². The molecule has 0 spiro atoms. The molecule has 0 bridgehead atoms. The zero-order valence-corrected chi connectivity index (χ0v) is 8.18. The predicted molar refractivity (Wildman–Crippen MR) is 59.0 cm³/mol. The Morgan fingerprint density at radius 1 is 1.44 bits per heavy atom. The van der Waals surface area contributed by atoms with Gasteiger partial charge in [-0.05, 0) is 23.8 Å². The number of carboxylic acid groups (broad SMARTS) is 1. The van der Waals surface area contributed by atoms with Gasteiger partial charge in [-0.15, -0.1) is 0 Å². The van der Waals surface area contributed by atoms with Gasteiger partial charge in [0.2, 0.25) is 5.56 Å². The molecule has 0 saturated carbocycles. The SMILES string of the molecule is O=C(O)C=Cc1cnc2ccc(=O)[nH]c2c1. The molecule has 0 amide bonds. The van der Waals surface area contributed by atoms with Gasteiger partial charge in [0.1, 0.15) is 0 Å². The second kappa shape index (κ2) is 3.98. The number of rotatable bonds is 2. The molecule has 0 aliphatic heterocycles. The highest BCUT2D eigenvalue weighted by Gasteiger charge is 1.97. The normalized spacial score (nSPS) is 11.0. The molecule has 16 heavy (non-hydrogen) atoms. The maximum Gasteiger partial charge on any atom is 0.328 e. The average molecular weight is 216 g/mol. The topological polar surface area (TPSA) is 83.0 Å². The zero-order chi connectivity index (χ0) is 11.5. The second-order valence-corrected chi connectivity index (χ2v) is 3.20. The number of hydrogen-bond acceptors (Lipinski definition) is 3. The summed E-state index contributed by atoms with van der Waals surface area (Å²) in [6, 6.07) is 4.67. The molecule has 0 unspecified atom stereocenters. The van der Waals surface area contributed by atoms with Crippen molar-refractivity contribution in [2.45, 2.75) is 0 Å². The van der Waals surface area contributed by atoms with Crippen LogP contribution in [0.5, 0.6) is 0 Å². The van der Waals surface area contributed by atoms with Crippen molar-refractivity contribution in [2.24, 2.45) is 0 Å². The van der Waals surface area contributed by atoms with E-state index < -0.39 is 5.97 Å². The fraction of sp³-hybridized carbons (Fsp3) is 0. The van der Waals surface area contributed by atoms with Crippen molar-refractivity contribution >= 4 is 23.1 Å². The number of carboxylic acids is 1. The first-order valence-corrected chi connectivity index (χ1v) is 4.55. The number of aromatic amines is 1. The molecule has 5 heteroatoms. The highest BCUT2D eigenvalue weighted by molar-refractivity contribution is 5.86. The molecule has 0 aliphatic carbocycles. The van der Waals surface area contributed by atoms with Gasteiger partial charge in [-0.25, -0.2) is 4.79 Å². The first-order chi connectivity index (χ1) is 7.65. The molecule has 5 nitrogen and oxygen atoms in total. The zero-order valence-electron chi connectivity index (χ0n) is 8.18. The van der Waals surface area contributed by atoms with Crippen molar-refractivity contribution in [3.05, 3.63) is 46.4 Å². The van der Waals surface area contributed by atoms with E-state index >= 15 is 0 Å². The number of hydrogen-bond donors (Lipinski definition) is 2. The molecule has 2 heterocycles. The first kappa shape index (κ1) is 10.1. The molecule has 0 radical (unpaired) electrons. The third-order valence-electron chi connectivity index (χ3n) is 2.01. The number of pyridine rings is 2. The Kier molecular flexibility index (Phi) is 2.51. The molecule has 2 aromatic heterocycles. The van der Waals surface area contributed by atoms with Gasteiger partial charge in [-0.3, -0.25) is 9.78 Å². The summed E-state index contributed by atoms with van der Waals surface area (Å²) in [5, 5.41) is 8.47. The van der Waals surface area contributed by atoms with Gasteiger partial charge >= 0.3 is 5.97 Å². The molecule has 0 fully saturated rings. The van der Waals surface area contributed by atoms with Gasteiger partial charge in [-0.1, -0.05) is 0 Å². The number of nitrogens with zero attached hydrogens (tertiary/aromatic N) is 1. The summed E-state index contributed by atoms with van der Waals surface area (Å²) in [5.74, 6) is -1.03. The van der Waals surface area contributed by atoms with Gasteiger partial charge in [0.25, 0.3) is 0 Å². The third kappa shape index (κ3) is 2.14. The molecular weight excluding hydrogens is 208 g/mol. The first-order valence-electron chi connectivity index (χ1n) is 4.55. The Balaban J connectivity index is 2.50. The third-order valence-corrected chi connectivity index (χ3v) is 2.01. The van der Waals surface area contributed by atoms with E-state index in [9.17, 15) is 9.59 Å². The Morgan fingerprint density at radius 3 is 3.00 bits per heavy atom. The van der Waals surface area contributed by atoms with Crippen molar-refractivity contribution in [1.82, 2.24) is 9.97 Å². The summed E-state index contributed by atoms with van der Waals surface area (Å²) in [6.45, 7) is 0. The summed E-state index contributed by atoms with van der Waals surface area (Å²) in [4.78, 5) is 28.1. The minimum absolute atomic E-state index is 0.214. The van der Waals surface area contributed by atoms with E-state index in [1.165, 1.54) is 12.1 Å². The van der Waals surface area contributed by atoms with Crippen LogP contribution in [0.1, 0.15) is 5.56 Å². The van der Waals surface area contributed by atoms with Crippen LogP contribution in [0.25, 0.3) is 17.1 Å². The number of nitrogens with one attached hydrogen (secondary N) is 1. The van der Waals surface area contributed by atoms with E-state index in [1.807, 2.05) is 0 Å². The second-order valence-electron chi connectivity index (χ2n) is 3.20. The Labute approximate surface area is 90.1 Å². The molecule has 2 N–H and O–H groups in total. The minimum Gasteiger partial charge on any atom is -0.478 e. The van der Waals surface area contributed by atoms with Gasteiger partial charge < -0.3 is 10.1 Å². The lowest BCUT2D eigenvalue weighted by molar-refractivity contribution is -0.131. The largest absolute Gasteiger partial charge is 0.478 e. The molecule has 80 valence electrons. The lowest BCUT2D eigenvalue weighted by Gasteiger charge is -1.97. The molecule has 2 aromatic rings. The van der Waals surface area contributed by atoms with Crippen LogP contribution in [-0.4, -0.2) is 21.0 Å². The lowest BCUT2D eigenvalue weighted by atomic mass is 10.2. The van der Waals surface area contributed by atoms with E-state index in [0.717, 1.165) is 6.08 Å². The average Bonchev–Trinajstić information content (AvgIpc) is 2.25. The van der Waals surface area contributed by atoms with Crippen LogP contribution in [0.2, 0.25) is 0 Å². The highest BCUT2D eigenvalue weighted by atomic mass is 16.4. The van der Waals surface area contributed by atoms with E-state index in [0.29, 0.717) is 16.6 Å².